The standard InChI is InChI=1S/C32H34FN7/c33-21-7-9-22(10-8-21)40-29(19-5-11-23-27(17-19)38-31(36-23)25-3-1-15-34-25)13-14-30(40)20-6-12-24-28(18-20)39-32(37-24)26-4-2-16-35-26/h5-12,17-18,25-26,29-30,34-35H,1-4,13-16H2,(H,36,38)(H,37,39)/t25-,26-,29?,30?/m0/s1. The van der Waals surface area contributed by atoms with Crippen LogP contribution >= 0.6 is 0 Å². The molecule has 5 heterocycles. The van der Waals surface area contributed by atoms with Crippen LogP contribution in [0.1, 0.15) is 85.5 Å². The van der Waals surface area contributed by atoms with Gasteiger partial charge in [-0.25, -0.2) is 14.4 Å². The van der Waals surface area contributed by atoms with Gasteiger partial charge in [0.1, 0.15) is 17.5 Å². The smallest absolute Gasteiger partial charge is 0.124 e. The van der Waals surface area contributed by atoms with Crippen LogP contribution in [0.25, 0.3) is 22.1 Å². The van der Waals surface area contributed by atoms with E-state index in [1.54, 1.807) is 12.1 Å². The number of aromatic nitrogens is 4. The largest absolute Gasteiger partial charge is 0.357 e. The number of fused-ring (bicyclic) bond motifs is 2. The molecule has 0 saturated carbocycles. The van der Waals surface area contributed by atoms with Crippen molar-refractivity contribution in [2.24, 2.45) is 0 Å². The lowest BCUT2D eigenvalue weighted by atomic mass is 10.0. The van der Waals surface area contributed by atoms with E-state index in [2.05, 4.69) is 61.9 Å². The molecule has 0 aliphatic carbocycles. The minimum absolute atomic E-state index is 0.173. The van der Waals surface area contributed by atoms with Crippen LogP contribution < -0.4 is 15.5 Å². The first kappa shape index (κ1) is 24.1. The third-order valence-corrected chi connectivity index (χ3v) is 9.11. The number of H-pyrrole nitrogens is 2. The van der Waals surface area contributed by atoms with Gasteiger partial charge in [-0.3, -0.25) is 0 Å². The molecule has 0 radical (unpaired) electrons. The van der Waals surface area contributed by atoms with E-state index in [-0.39, 0.29) is 17.9 Å². The van der Waals surface area contributed by atoms with E-state index in [9.17, 15) is 4.39 Å². The molecule has 0 spiro atoms. The van der Waals surface area contributed by atoms with Crippen molar-refractivity contribution in [2.75, 3.05) is 18.0 Å². The summed E-state index contributed by atoms with van der Waals surface area (Å²) in [7, 11) is 0. The maximum absolute atomic E-state index is 14.0. The van der Waals surface area contributed by atoms with Crippen molar-refractivity contribution in [3.05, 3.63) is 89.3 Å². The molecule has 5 aromatic rings. The Hall–Kier alpha value is -3.75. The van der Waals surface area contributed by atoms with E-state index in [1.165, 1.54) is 24.0 Å². The highest BCUT2D eigenvalue weighted by atomic mass is 19.1. The molecule has 7 nitrogen and oxygen atoms in total. The fourth-order valence-corrected chi connectivity index (χ4v) is 7.11. The zero-order chi connectivity index (χ0) is 26.6. The van der Waals surface area contributed by atoms with Crippen LogP contribution in [-0.2, 0) is 0 Å². The Bertz CT molecular complexity index is 1560. The summed E-state index contributed by atoms with van der Waals surface area (Å²) in [6.07, 6.45) is 6.63. The normalized spacial score (nSPS) is 25.1. The van der Waals surface area contributed by atoms with Crippen molar-refractivity contribution in [1.29, 1.82) is 0 Å². The van der Waals surface area contributed by atoms with Gasteiger partial charge in [-0.05, 0) is 111 Å². The molecule has 2 unspecified atom stereocenters. The van der Waals surface area contributed by atoms with Gasteiger partial charge >= 0.3 is 0 Å². The molecular weight excluding hydrogens is 501 g/mol. The number of benzene rings is 3. The number of hydrogen-bond acceptors (Lipinski definition) is 5. The number of hydrogen-bond donors (Lipinski definition) is 4. The predicted octanol–water partition coefficient (Wildman–Crippen LogP) is 6.51. The Morgan fingerprint density at radius 2 is 1.18 bits per heavy atom. The first-order valence-corrected chi connectivity index (χ1v) is 14.7. The number of aromatic amines is 2. The first-order chi connectivity index (χ1) is 19.7. The Morgan fingerprint density at radius 3 is 1.65 bits per heavy atom. The predicted molar refractivity (Wildman–Crippen MR) is 156 cm³/mol. The molecule has 4 atom stereocenters. The van der Waals surface area contributed by atoms with Crippen molar-refractivity contribution >= 4 is 27.8 Å². The molecule has 4 N–H and O–H groups in total. The van der Waals surface area contributed by atoms with E-state index < -0.39 is 0 Å². The highest BCUT2D eigenvalue weighted by Gasteiger charge is 2.36. The molecule has 2 aromatic heterocycles. The molecule has 204 valence electrons. The number of halogens is 1. The summed E-state index contributed by atoms with van der Waals surface area (Å²) in [6.45, 7) is 2.10. The summed E-state index contributed by atoms with van der Waals surface area (Å²) < 4.78 is 14.0. The van der Waals surface area contributed by atoms with E-state index in [0.717, 1.165) is 78.2 Å². The van der Waals surface area contributed by atoms with Gasteiger partial charge in [-0.1, -0.05) is 12.1 Å². The molecule has 0 amide bonds. The number of nitrogens with zero attached hydrogens (tertiary/aromatic N) is 3. The Balaban J connectivity index is 1.16. The highest BCUT2D eigenvalue weighted by molar-refractivity contribution is 5.78. The lowest BCUT2D eigenvalue weighted by Crippen LogP contribution is -2.26. The van der Waals surface area contributed by atoms with E-state index in [4.69, 9.17) is 9.97 Å². The van der Waals surface area contributed by atoms with Crippen molar-refractivity contribution in [3.8, 4) is 0 Å². The van der Waals surface area contributed by atoms with Crippen LogP contribution in [0.4, 0.5) is 10.1 Å². The van der Waals surface area contributed by atoms with Crippen LogP contribution in [0.3, 0.4) is 0 Å². The van der Waals surface area contributed by atoms with Gasteiger partial charge in [-0.15, -0.1) is 0 Å². The SMILES string of the molecule is Fc1ccc(N2C(c3ccc4nc([C@@H]5CCCN5)[nH]c4c3)CCC2c2ccc3nc([C@@H]4CCCN4)[nH]c3c2)cc1. The minimum Gasteiger partial charge on any atom is -0.357 e. The van der Waals surface area contributed by atoms with E-state index >= 15 is 0 Å². The summed E-state index contributed by atoms with van der Waals surface area (Å²) in [5.41, 5.74) is 7.72. The number of imidazole rings is 2. The summed E-state index contributed by atoms with van der Waals surface area (Å²) in [4.78, 5) is 19.4. The topological polar surface area (TPSA) is 84.7 Å². The molecule has 8 heteroatoms. The van der Waals surface area contributed by atoms with Crippen LogP contribution in [0, 0.1) is 5.82 Å². The van der Waals surface area contributed by atoms with Gasteiger partial charge in [0, 0.05) is 5.69 Å². The molecule has 3 aliphatic rings. The average molecular weight is 536 g/mol. The molecule has 3 fully saturated rings. The number of rotatable bonds is 5. The van der Waals surface area contributed by atoms with Crippen molar-refractivity contribution < 1.29 is 4.39 Å². The zero-order valence-electron chi connectivity index (χ0n) is 22.5. The van der Waals surface area contributed by atoms with Gasteiger partial charge in [0.05, 0.1) is 46.2 Å². The number of anilines is 1. The Morgan fingerprint density at radius 1 is 0.650 bits per heavy atom. The third-order valence-electron chi connectivity index (χ3n) is 9.11. The summed E-state index contributed by atoms with van der Waals surface area (Å²) in [5, 5.41) is 7.09. The summed E-state index contributed by atoms with van der Waals surface area (Å²) in [6, 6.07) is 21.2. The fourth-order valence-electron chi connectivity index (χ4n) is 7.11. The quantitative estimate of drug-likeness (QED) is 0.206. The maximum atomic E-state index is 14.0. The fraction of sp³-hybridized carbons (Fsp3) is 0.375. The van der Waals surface area contributed by atoms with Gasteiger partial charge in [0.25, 0.3) is 0 Å². The second kappa shape index (κ2) is 9.71. The number of nitrogens with one attached hydrogen (secondary N) is 4. The monoisotopic (exact) mass is 535 g/mol. The van der Waals surface area contributed by atoms with Crippen LogP contribution in [0.2, 0.25) is 0 Å². The summed E-state index contributed by atoms with van der Waals surface area (Å²) in [5.74, 6) is 1.85. The van der Waals surface area contributed by atoms with Gasteiger partial charge in [-0.2, -0.15) is 0 Å². The van der Waals surface area contributed by atoms with Crippen molar-refractivity contribution in [1.82, 2.24) is 30.6 Å². The molecule has 3 aliphatic heterocycles. The molecule has 8 rings (SSSR count). The van der Waals surface area contributed by atoms with Crippen LogP contribution in [0.15, 0.2) is 60.7 Å². The zero-order valence-corrected chi connectivity index (χ0v) is 22.5. The Labute approximate surface area is 232 Å². The van der Waals surface area contributed by atoms with Crippen LogP contribution in [0.5, 0.6) is 0 Å². The maximum Gasteiger partial charge on any atom is 0.124 e. The van der Waals surface area contributed by atoms with Gasteiger partial charge in [0.2, 0.25) is 0 Å². The highest BCUT2D eigenvalue weighted by Crippen LogP contribution is 2.47. The van der Waals surface area contributed by atoms with Gasteiger partial charge < -0.3 is 25.5 Å². The molecule has 3 saturated heterocycles. The second-order valence-corrected chi connectivity index (χ2v) is 11.6. The average Bonchev–Trinajstić information content (AvgIpc) is 3.81. The lowest BCUT2D eigenvalue weighted by Gasteiger charge is -2.33. The minimum atomic E-state index is -0.213. The Kier molecular flexibility index (Phi) is 5.85. The van der Waals surface area contributed by atoms with E-state index in [1.807, 2.05) is 12.1 Å². The van der Waals surface area contributed by atoms with Crippen LogP contribution in [-0.4, -0.2) is 33.0 Å². The van der Waals surface area contributed by atoms with Crippen molar-refractivity contribution in [2.45, 2.75) is 62.7 Å². The molecule has 3 aromatic carbocycles. The molecular formula is C32H34FN7. The van der Waals surface area contributed by atoms with E-state index in [0.29, 0.717) is 12.1 Å². The van der Waals surface area contributed by atoms with Crippen molar-refractivity contribution in [3.63, 3.8) is 0 Å². The molecule has 0 bridgehead atoms. The lowest BCUT2D eigenvalue weighted by molar-refractivity contribution is 0.614. The first-order valence-electron chi connectivity index (χ1n) is 14.7. The van der Waals surface area contributed by atoms with Gasteiger partial charge in [0.15, 0.2) is 0 Å². The second-order valence-electron chi connectivity index (χ2n) is 11.6. The molecule has 40 heavy (non-hydrogen) atoms. The summed E-state index contributed by atoms with van der Waals surface area (Å²) >= 11 is 0. The third kappa shape index (κ3) is 4.17.